The van der Waals surface area contributed by atoms with Gasteiger partial charge < -0.3 is 9.80 Å². The average molecular weight is 473 g/mol. The Morgan fingerprint density at radius 1 is 1.20 bits per heavy atom. The summed E-state index contributed by atoms with van der Waals surface area (Å²) in [6, 6.07) is 7.98. The predicted octanol–water partition coefficient (Wildman–Crippen LogP) is 3.21. The monoisotopic (exact) mass is 472 g/mol. The summed E-state index contributed by atoms with van der Waals surface area (Å²) >= 11 is 7.88. The van der Waals surface area contributed by atoms with Crippen molar-refractivity contribution in [3.63, 3.8) is 0 Å². The molecule has 0 atom stereocenters. The number of non-ortho nitro benzene ring substituents is 1. The summed E-state index contributed by atoms with van der Waals surface area (Å²) < 4.78 is 0.704. The van der Waals surface area contributed by atoms with Gasteiger partial charge in [-0.1, -0.05) is 11.6 Å². The van der Waals surface area contributed by atoms with Crippen LogP contribution in [0.15, 0.2) is 36.5 Å². The number of carbonyl (C=O) groups is 1. The molecule has 0 aliphatic carbocycles. The Morgan fingerprint density at radius 3 is 2.52 bits per heavy atom. The van der Waals surface area contributed by atoms with Crippen LogP contribution in [0.1, 0.15) is 10.4 Å². The molecular weight excluding hydrogens is 459 g/mol. The number of nitro groups is 1. The zero-order chi connectivity index (χ0) is 18.0. The van der Waals surface area contributed by atoms with Crippen LogP contribution in [0.25, 0.3) is 0 Å². The van der Waals surface area contributed by atoms with Gasteiger partial charge in [-0.05, 0) is 40.8 Å². The second kappa shape index (κ2) is 7.52. The van der Waals surface area contributed by atoms with Gasteiger partial charge >= 0.3 is 0 Å². The number of halogens is 2. The molecule has 0 bridgehead atoms. The van der Waals surface area contributed by atoms with Crippen molar-refractivity contribution in [2.75, 3.05) is 31.1 Å². The van der Waals surface area contributed by atoms with Crippen LogP contribution in [0.2, 0.25) is 5.02 Å². The number of carbonyl (C=O) groups excluding carboxylic acids is 1. The first-order valence-electron chi connectivity index (χ1n) is 7.55. The van der Waals surface area contributed by atoms with E-state index in [0.717, 1.165) is 5.82 Å². The summed E-state index contributed by atoms with van der Waals surface area (Å²) in [5, 5.41) is 11.5. The summed E-state index contributed by atoms with van der Waals surface area (Å²) in [7, 11) is 0. The summed E-state index contributed by atoms with van der Waals surface area (Å²) in [6.07, 6.45) is 1.60. The molecule has 0 radical (unpaired) electrons. The Bertz CT molecular complexity index is 808. The largest absolute Gasteiger partial charge is 0.353 e. The van der Waals surface area contributed by atoms with Crippen molar-refractivity contribution in [1.29, 1.82) is 0 Å². The van der Waals surface area contributed by atoms with Crippen molar-refractivity contribution in [3.8, 4) is 0 Å². The number of hydrogen-bond donors (Lipinski definition) is 0. The molecule has 0 saturated carbocycles. The molecule has 1 saturated heterocycles. The summed E-state index contributed by atoms with van der Waals surface area (Å²) in [6.45, 7) is 2.35. The molecule has 1 aliphatic rings. The molecule has 1 aromatic carbocycles. The second-order valence-electron chi connectivity index (χ2n) is 5.54. The minimum atomic E-state index is -0.489. The standard InChI is InChI=1S/C16H14ClIN4O3/c17-11-1-4-15(19-10-11)20-5-7-21(8-6-20)16(23)13-9-12(22(24)25)2-3-14(13)18/h1-4,9-10H,5-8H2. The highest BCUT2D eigenvalue weighted by atomic mass is 127. The highest BCUT2D eigenvalue weighted by molar-refractivity contribution is 14.1. The van der Waals surface area contributed by atoms with Gasteiger partial charge in [0.25, 0.3) is 11.6 Å². The van der Waals surface area contributed by atoms with Gasteiger partial charge in [-0.25, -0.2) is 4.98 Å². The quantitative estimate of drug-likeness (QED) is 0.389. The van der Waals surface area contributed by atoms with Gasteiger partial charge in [-0.15, -0.1) is 0 Å². The first-order chi connectivity index (χ1) is 12.0. The molecule has 25 heavy (non-hydrogen) atoms. The van der Waals surface area contributed by atoms with Crippen LogP contribution < -0.4 is 4.90 Å². The fourth-order valence-corrected chi connectivity index (χ4v) is 3.33. The summed E-state index contributed by atoms with van der Waals surface area (Å²) in [5.74, 6) is 0.637. The van der Waals surface area contributed by atoms with Crippen molar-refractivity contribution < 1.29 is 9.72 Å². The lowest BCUT2D eigenvalue weighted by molar-refractivity contribution is -0.384. The van der Waals surface area contributed by atoms with Crippen LogP contribution in [0.5, 0.6) is 0 Å². The molecule has 1 fully saturated rings. The SMILES string of the molecule is O=C(c1cc([N+](=O)[O-])ccc1I)N1CCN(c2ccc(Cl)cn2)CC1. The zero-order valence-electron chi connectivity index (χ0n) is 13.1. The molecule has 2 heterocycles. The Balaban J connectivity index is 1.70. The number of rotatable bonds is 3. The van der Waals surface area contributed by atoms with Gasteiger partial charge in [0.05, 0.1) is 15.5 Å². The second-order valence-corrected chi connectivity index (χ2v) is 7.13. The molecule has 9 heteroatoms. The van der Waals surface area contributed by atoms with E-state index in [2.05, 4.69) is 9.88 Å². The maximum atomic E-state index is 12.7. The third kappa shape index (κ3) is 4.01. The minimum Gasteiger partial charge on any atom is -0.353 e. The predicted molar refractivity (Wildman–Crippen MR) is 103 cm³/mol. The zero-order valence-corrected chi connectivity index (χ0v) is 16.0. The maximum absolute atomic E-state index is 12.7. The van der Waals surface area contributed by atoms with Crippen molar-refractivity contribution in [2.45, 2.75) is 0 Å². The number of hydrogen-bond acceptors (Lipinski definition) is 5. The third-order valence-corrected chi connectivity index (χ3v) is 5.16. The van der Waals surface area contributed by atoms with Gasteiger partial charge in [0, 0.05) is 48.1 Å². The molecule has 0 unspecified atom stereocenters. The molecule has 2 aromatic rings. The number of piperazine rings is 1. The topological polar surface area (TPSA) is 79.6 Å². The van der Waals surface area contributed by atoms with Gasteiger partial charge in [0.1, 0.15) is 5.82 Å². The molecule has 130 valence electrons. The Labute approximate surface area is 162 Å². The molecule has 1 aliphatic heterocycles. The van der Waals surface area contributed by atoms with Gasteiger partial charge in [0.2, 0.25) is 0 Å². The molecule has 7 nitrogen and oxygen atoms in total. The number of nitro benzene ring substituents is 1. The molecular formula is C16H14ClIN4O3. The van der Waals surface area contributed by atoms with Gasteiger partial charge in [-0.3, -0.25) is 14.9 Å². The van der Waals surface area contributed by atoms with Crippen LogP contribution in [0.4, 0.5) is 11.5 Å². The molecule has 0 N–H and O–H groups in total. The van der Waals surface area contributed by atoms with E-state index >= 15 is 0 Å². The van der Waals surface area contributed by atoms with E-state index in [1.54, 1.807) is 23.2 Å². The van der Waals surface area contributed by atoms with E-state index in [1.807, 2.05) is 28.7 Å². The third-order valence-electron chi connectivity index (χ3n) is 3.99. The maximum Gasteiger partial charge on any atom is 0.270 e. The van der Waals surface area contributed by atoms with E-state index < -0.39 is 4.92 Å². The van der Waals surface area contributed by atoms with E-state index in [4.69, 9.17) is 11.6 Å². The van der Waals surface area contributed by atoms with E-state index in [0.29, 0.717) is 40.3 Å². The fourth-order valence-electron chi connectivity index (χ4n) is 2.65. The van der Waals surface area contributed by atoms with Crippen molar-refractivity contribution >= 4 is 51.6 Å². The minimum absolute atomic E-state index is 0.0761. The van der Waals surface area contributed by atoms with Crippen LogP contribution >= 0.6 is 34.2 Å². The van der Waals surface area contributed by atoms with Gasteiger partial charge in [-0.2, -0.15) is 0 Å². The number of nitrogens with zero attached hydrogens (tertiary/aromatic N) is 4. The number of aromatic nitrogens is 1. The van der Waals surface area contributed by atoms with Crippen LogP contribution in [0, 0.1) is 13.7 Å². The van der Waals surface area contributed by atoms with Crippen molar-refractivity contribution in [2.24, 2.45) is 0 Å². The molecule has 0 spiro atoms. The average Bonchev–Trinajstić information content (AvgIpc) is 2.62. The molecule has 3 rings (SSSR count). The number of pyridine rings is 1. The Kier molecular flexibility index (Phi) is 5.38. The highest BCUT2D eigenvalue weighted by Gasteiger charge is 2.25. The van der Waals surface area contributed by atoms with Crippen molar-refractivity contribution in [1.82, 2.24) is 9.88 Å². The summed E-state index contributed by atoms with van der Waals surface area (Å²) in [5.41, 5.74) is 0.292. The fraction of sp³-hybridized carbons (Fsp3) is 0.250. The lowest BCUT2D eigenvalue weighted by Gasteiger charge is -2.35. The van der Waals surface area contributed by atoms with E-state index in [-0.39, 0.29) is 11.6 Å². The number of anilines is 1. The van der Waals surface area contributed by atoms with Crippen LogP contribution in [0.3, 0.4) is 0 Å². The summed E-state index contributed by atoms with van der Waals surface area (Å²) in [4.78, 5) is 31.3. The lowest BCUT2D eigenvalue weighted by atomic mass is 10.1. The highest BCUT2D eigenvalue weighted by Crippen LogP contribution is 2.22. The van der Waals surface area contributed by atoms with Crippen LogP contribution in [-0.4, -0.2) is 46.9 Å². The lowest BCUT2D eigenvalue weighted by Crippen LogP contribution is -2.49. The van der Waals surface area contributed by atoms with E-state index in [1.165, 1.54) is 12.1 Å². The first kappa shape index (κ1) is 17.9. The normalized spacial score (nSPS) is 14.5. The van der Waals surface area contributed by atoms with Gasteiger partial charge in [0.15, 0.2) is 0 Å². The van der Waals surface area contributed by atoms with E-state index in [9.17, 15) is 14.9 Å². The molecule has 1 aromatic heterocycles. The number of amides is 1. The first-order valence-corrected chi connectivity index (χ1v) is 9.01. The Morgan fingerprint density at radius 2 is 1.92 bits per heavy atom. The van der Waals surface area contributed by atoms with Crippen LogP contribution in [-0.2, 0) is 0 Å². The molecule has 1 amide bonds. The Hall–Kier alpha value is -1.94. The van der Waals surface area contributed by atoms with Crippen molar-refractivity contribution in [3.05, 3.63) is 60.8 Å². The number of benzene rings is 1. The smallest absolute Gasteiger partial charge is 0.270 e.